The zero-order valence-corrected chi connectivity index (χ0v) is 11.7. The molecule has 3 rings (SSSR count). The number of hydrogen-bond acceptors (Lipinski definition) is 4. The van der Waals surface area contributed by atoms with Crippen LogP contribution in [0.5, 0.6) is 6.08 Å². The van der Waals surface area contributed by atoms with Gasteiger partial charge < -0.3 is 14.5 Å². The van der Waals surface area contributed by atoms with Gasteiger partial charge in [0.15, 0.2) is 5.58 Å². The molecule has 2 aromatic rings. The first kappa shape index (κ1) is 13.0. The van der Waals surface area contributed by atoms with Crippen LogP contribution in [0.4, 0.5) is 0 Å². The monoisotopic (exact) mass is 274 g/mol. The Morgan fingerprint density at radius 2 is 2.40 bits per heavy atom. The van der Waals surface area contributed by atoms with Crippen molar-refractivity contribution in [3.63, 3.8) is 0 Å². The molecule has 1 amide bonds. The van der Waals surface area contributed by atoms with Crippen LogP contribution in [0.25, 0.3) is 11.1 Å². The summed E-state index contributed by atoms with van der Waals surface area (Å²) in [5.74, 6) is 0.431. The highest BCUT2D eigenvalue weighted by molar-refractivity contribution is 5.79. The first-order chi connectivity index (χ1) is 9.69. The molecule has 1 aromatic carbocycles. The van der Waals surface area contributed by atoms with E-state index in [-0.39, 0.29) is 5.91 Å². The van der Waals surface area contributed by atoms with Gasteiger partial charge in [0.1, 0.15) is 5.52 Å². The molecule has 1 atom stereocenters. The Morgan fingerprint density at radius 3 is 3.15 bits per heavy atom. The van der Waals surface area contributed by atoms with E-state index in [2.05, 4.69) is 16.4 Å². The number of carbonyl (C=O) groups excluding carboxylic acids is 1. The molecule has 1 aromatic heterocycles. The summed E-state index contributed by atoms with van der Waals surface area (Å²) >= 11 is 0. The number of nitrogens with one attached hydrogen (secondary N) is 1. The molecular weight excluding hydrogens is 256 g/mol. The fourth-order valence-corrected chi connectivity index (χ4v) is 2.97. The number of methoxy groups -OCH3 is 1. The van der Waals surface area contributed by atoms with E-state index in [1.54, 1.807) is 14.0 Å². The molecule has 1 heterocycles. The van der Waals surface area contributed by atoms with E-state index in [9.17, 15) is 4.79 Å². The van der Waals surface area contributed by atoms with E-state index >= 15 is 0 Å². The third-order valence-corrected chi connectivity index (χ3v) is 3.88. The fourth-order valence-electron chi connectivity index (χ4n) is 2.97. The highest BCUT2D eigenvalue weighted by atomic mass is 16.6. The van der Waals surface area contributed by atoms with Crippen LogP contribution >= 0.6 is 0 Å². The van der Waals surface area contributed by atoms with Crippen LogP contribution in [0.15, 0.2) is 16.5 Å². The summed E-state index contributed by atoms with van der Waals surface area (Å²) in [6, 6.07) is 4.11. The predicted octanol–water partition coefficient (Wildman–Crippen LogP) is 2.39. The Bertz CT molecular complexity index is 648. The highest BCUT2D eigenvalue weighted by Crippen LogP contribution is 2.41. The Balaban J connectivity index is 1.90. The Hall–Kier alpha value is -2.04. The lowest BCUT2D eigenvalue weighted by Crippen LogP contribution is -2.22. The van der Waals surface area contributed by atoms with Crippen molar-refractivity contribution in [3.05, 3.63) is 23.3 Å². The maximum absolute atomic E-state index is 11.0. The van der Waals surface area contributed by atoms with Crippen molar-refractivity contribution in [2.24, 2.45) is 0 Å². The molecule has 1 N–H and O–H groups in total. The second-order valence-corrected chi connectivity index (χ2v) is 5.18. The molecule has 0 saturated carbocycles. The molecule has 106 valence electrons. The van der Waals surface area contributed by atoms with Crippen molar-refractivity contribution in [1.82, 2.24) is 10.3 Å². The zero-order valence-electron chi connectivity index (χ0n) is 11.7. The summed E-state index contributed by atoms with van der Waals surface area (Å²) in [4.78, 5) is 15.3. The summed E-state index contributed by atoms with van der Waals surface area (Å²) in [7, 11) is 1.55. The van der Waals surface area contributed by atoms with Crippen molar-refractivity contribution in [3.8, 4) is 6.08 Å². The SMILES string of the molecule is COc1nc2ccc3c(c2o1)[C@H](CCNC(C)=O)CC3. The minimum absolute atomic E-state index is 0.0164. The minimum atomic E-state index is 0.0164. The van der Waals surface area contributed by atoms with E-state index in [0.717, 1.165) is 30.4 Å². The second kappa shape index (κ2) is 5.15. The number of ether oxygens (including phenoxy) is 1. The van der Waals surface area contributed by atoms with Gasteiger partial charge in [0.05, 0.1) is 7.11 Å². The second-order valence-electron chi connectivity index (χ2n) is 5.18. The number of aryl methyl sites for hydroxylation is 1. The van der Waals surface area contributed by atoms with E-state index in [1.807, 2.05) is 6.07 Å². The van der Waals surface area contributed by atoms with E-state index in [0.29, 0.717) is 18.5 Å². The highest BCUT2D eigenvalue weighted by Gasteiger charge is 2.27. The van der Waals surface area contributed by atoms with Gasteiger partial charge in [-0.1, -0.05) is 6.07 Å². The van der Waals surface area contributed by atoms with Crippen LogP contribution in [0.1, 0.15) is 36.8 Å². The molecule has 5 nitrogen and oxygen atoms in total. The number of amides is 1. The van der Waals surface area contributed by atoms with Crippen LogP contribution in [-0.4, -0.2) is 24.5 Å². The van der Waals surface area contributed by atoms with Crippen LogP contribution in [-0.2, 0) is 11.2 Å². The molecule has 0 bridgehead atoms. The lowest BCUT2D eigenvalue weighted by atomic mass is 9.97. The smallest absolute Gasteiger partial charge is 0.394 e. The standard InChI is InChI=1S/C15H18N2O3/c1-9(18)16-8-7-11-4-3-10-5-6-12-14(13(10)11)20-15(17-12)19-2/h5-6,11H,3-4,7-8H2,1-2H3,(H,16,18)/t11-/m0/s1. The number of nitrogens with zero attached hydrogens (tertiary/aromatic N) is 1. The summed E-state index contributed by atoms with van der Waals surface area (Å²) in [5, 5.41) is 2.86. The lowest BCUT2D eigenvalue weighted by Gasteiger charge is -2.11. The normalized spacial score (nSPS) is 17.2. The first-order valence-electron chi connectivity index (χ1n) is 6.89. The molecule has 0 aliphatic heterocycles. The zero-order chi connectivity index (χ0) is 14.1. The van der Waals surface area contributed by atoms with Crippen molar-refractivity contribution in [2.75, 3.05) is 13.7 Å². The van der Waals surface area contributed by atoms with Gasteiger partial charge in [-0.15, -0.1) is 0 Å². The van der Waals surface area contributed by atoms with E-state index < -0.39 is 0 Å². The number of aromatic nitrogens is 1. The summed E-state index contributed by atoms with van der Waals surface area (Å²) < 4.78 is 10.8. The summed E-state index contributed by atoms with van der Waals surface area (Å²) in [6.45, 7) is 2.24. The number of carbonyl (C=O) groups is 1. The average Bonchev–Trinajstić information content (AvgIpc) is 3.00. The van der Waals surface area contributed by atoms with Gasteiger partial charge in [-0.05, 0) is 36.8 Å². The first-order valence-corrected chi connectivity index (χ1v) is 6.89. The topological polar surface area (TPSA) is 64.4 Å². The number of fused-ring (bicyclic) bond motifs is 3. The number of hydrogen-bond donors (Lipinski definition) is 1. The molecule has 0 fully saturated rings. The fraction of sp³-hybridized carbons (Fsp3) is 0.467. The number of rotatable bonds is 4. The third-order valence-electron chi connectivity index (χ3n) is 3.88. The van der Waals surface area contributed by atoms with Gasteiger partial charge in [0, 0.05) is 19.0 Å². The van der Waals surface area contributed by atoms with Crippen LogP contribution in [0.3, 0.4) is 0 Å². The molecule has 20 heavy (non-hydrogen) atoms. The van der Waals surface area contributed by atoms with Crippen LogP contribution in [0, 0.1) is 0 Å². The maximum atomic E-state index is 11.0. The summed E-state index contributed by atoms with van der Waals surface area (Å²) in [5.41, 5.74) is 4.24. The maximum Gasteiger partial charge on any atom is 0.394 e. The quantitative estimate of drug-likeness (QED) is 0.929. The number of oxazole rings is 1. The lowest BCUT2D eigenvalue weighted by molar-refractivity contribution is -0.118. The molecule has 5 heteroatoms. The molecule has 0 unspecified atom stereocenters. The predicted molar refractivity (Wildman–Crippen MR) is 74.9 cm³/mol. The molecule has 0 saturated heterocycles. The summed E-state index contributed by atoms with van der Waals surface area (Å²) in [6.07, 6.45) is 3.38. The van der Waals surface area contributed by atoms with Crippen molar-refractivity contribution >= 4 is 17.0 Å². The Morgan fingerprint density at radius 1 is 1.55 bits per heavy atom. The van der Waals surface area contributed by atoms with E-state index in [1.165, 1.54) is 11.1 Å². The van der Waals surface area contributed by atoms with Crippen LogP contribution < -0.4 is 10.1 Å². The largest absolute Gasteiger partial charge is 0.453 e. The van der Waals surface area contributed by atoms with Gasteiger partial charge in [-0.3, -0.25) is 4.79 Å². The van der Waals surface area contributed by atoms with Gasteiger partial charge in [-0.2, -0.15) is 4.98 Å². The van der Waals surface area contributed by atoms with Crippen molar-refractivity contribution in [1.29, 1.82) is 0 Å². The molecular formula is C15H18N2O3. The molecule has 0 spiro atoms. The molecule has 0 radical (unpaired) electrons. The molecule has 1 aliphatic rings. The van der Waals surface area contributed by atoms with Crippen molar-refractivity contribution in [2.45, 2.75) is 32.1 Å². The minimum Gasteiger partial charge on any atom is -0.453 e. The van der Waals surface area contributed by atoms with Gasteiger partial charge >= 0.3 is 6.08 Å². The van der Waals surface area contributed by atoms with E-state index in [4.69, 9.17) is 9.15 Å². The Labute approximate surface area is 117 Å². The third kappa shape index (κ3) is 2.24. The van der Waals surface area contributed by atoms with Gasteiger partial charge in [0.2, 0.25) is 5.91 Å². The van der Waals surface area contributed by atoms with Gasteiger partial charge in [0.25, 0.3) is 0 Å². The molecule has 1 aliphatic carbocycles. The van der Waals surface area contributed by atoms with Crippen LogP contribution in [0.2, 0.25) is 0 Å². The van der Waals surface area contributed by atoms with Crippen molar-refractivity contribution < 1.29 is 13.9 Å². The number of benzene rings is 1. The Kier molecular flexibility index (Phi) is 3.34. The van der Waals surface area contributed by atoms with Gasteiger partial charge in [-0.25, -0.2) is 0 Å². The average molecular weight is 274 g/mol.